The Labute approximate surface area is 383 Å². The van der Waals surface area contributed by atoms with Crippen molar-refractivity contribution in [3.8, 4) is 5.75 Å². The molecule has 0 aliphatic heterocycles. The largest absolute Gasteiger partial charge is 0.494 e. The summed E-state index contributed by atoms with van der Waals surface area (Å²) in [6.45, 7) is 2.09. The number of anilines is 1. The van der Waals surface area contributed by atoms with Crippen LogP contribution in [0.5, 0.6) is 5.75 Å². The molecule has 2 unspecified atom stereocenters. The number of aliphatic carboxylic acids is 1. The van der Waals surface area contributed by atoms with E-state index in [-0.39, 0.29) is 76.9 Å². The highest BCUT2D eigenvalue weighted by atomic mass is 32.2. The molecule has 2 atom stereocenters. The van der Waals surface area contributed by atoms with Gasteiger partial charge in [-0.05, 0) is 61.2 Å². The Kier molecular flexibility index (Phi) is 18.6. The molecule has 66 heavy (non-hydrogen) atoms. The fraction of sp³-hybridized carbons (Fsp3) is 0.385. The van der Waals surface area contributed by atoms with Crippen LogP contribution in [0.4, 0.5) is 5.95 Å². The third kappa shape index (κ3) is 15.6. The van der Waals surface area contributed by atoms with E-state index in [4.69, 9.17) is 9.29 Å². The summed E-state index contributed by atoms with van der Waals surface area (Å²) in [7, 11) is -7.50. The van der Waals surface area contributed by atoms with Crippen molar-refractivity contribution in [3.05, 3.63) is 81.4 Å². The van der Waals surface area contributed by atoms with Crippen molar-refractivity contribution >= 4 is 85.1 Å². The maximum atomic E-state index is 13.5. The van der Waals surface area contributed by atoms with Gasteiger partial charge in [-0.25, -0.2) is 13.4 Å². The number of ether oxygens (including phenoxy) is 1. The van der Waals surface area contributed by atoms with E-state index in [1.54, 1.807) is 42.2 Å². The van der Waals surface area contributed by atoms with Crippen LogP contribution < -0.4 is 46.8 Å². The number of H-pyrrole nitrogens is 1. The predicted octanol–water partition coefficient (Wildman–Crippen LogP) is -1.54. The number of thiol groups is 1. The number of carboxylic acids is 1. The molecule has 10 N–H and O–H groups in total. The molecule has 0 saturated carbocycles. The highest BCUT2D eigenvalue weighted by Gasteiger charge is 2.30. The first-order valence-electron chi connectivity index (χ1n) is 19.9. The maximum Gasteiger partial charge on any atom is 0.323 e. The molecule has 5 amide bonds. The lowest BCUT2D eigenvalue weighted by Crippen LogP contribution is -2.52. The maximum absolute atomic E-state index is 13.5. The quantitative estimate of drug-likeness (QED) is 0.0204. The second kappa shape index (κ2) is 23.6. The summed E-state index contributed by atoms with van der Waals surface area (Å²) < 4.78 is 67.9. The molecule has 0 spiro atoms. The lowest BCUT2D eigenvalue weighted by molar-refractivity contribution is -0.138. The van der Waals surface area contributed by atoms with Crippen LogP contribution in [0, 0.1) is 13.8 Å². The van der Waals surface area contributed by atoms with Gasteiger partial charge in [0.1, 0.15) is 29.1 Å². The summed E-state index contributed by atoms with van der Waals surface area (Å²) in [5, 5.41) is 24.8. The normalized spacial score (nSPS) is 12.4. The molecule has 2 aromatic heterocycles. The Bertz CT molecular complexity index is 2710. The molecule has 0 bridgehead atoms. The van der Waals surface area contributed by atoms with Crippen LogP contribution in [0.2, 0.25) is 0 Å². The Morgan fingerprint density at radius 2 is 1.61 bits per heavy atom. The molecule has 0 radical (unpaired) electrons. The van der Waals surface area contributed by atoms with Crippen molar-refractivity contribution in [1.82, 2.24) is 45.8 Å². The predicted molar refractivity (Wildman–Crippen MR) is 241 cm³/mol. The van der Waals surface area contributed by atoms with E-state index in [2.05, 4.69) is 59.2 Å². The molecular formula is C39H50N10O14S3. The van der Waals surface area contributed by atoms with Crippen LogP contribution in [-0.2, 0) is 57.7 Å². The monoisotopic (exact) mass is 978 g/mol. The van der Waals surface area contributed by atoms with Crippen molar-refractivity contribution in [3.63, 3.8) is 0 Å². The van der Waals surface area contributed by atoms with Crippen LogP contribution in [0.15, 0.2) is 58.6 Å². The number of fused-ring (bicyclic) bond motifs is 1. The van der Waals surface area contributed by atoms with Gasteiger partial charge in [-0.15, -0.1) is 0 Å². The number of imidazole rings is 1. The molecule has 2 heterocycles. The number of aryl methyl sites for hydroxylation is 3. The third-order valence-electron chi connectivity index (χ3n) is 9.40. The van der Waals surface area contributed by atoms with Gasteiger partial charge < -0.3 is 51.3 Å². The first-order chi connectivity index (χ1) is 31.1. The summed E-state index contributed by atoms with van der Waals surface area (Å²) >= 11 is 3.71. The molecule has 0 saturated heterocycles. The van der Waals surface area contributed by atoms with Crippen LogP contribution in [0.25, 0.3) is 10.9 Å². The first kappa shape index (κ1) is 52.1. The average Bonchev–Trinajstić information content (AvgIpc) is 3.77. The first-order valence-corrected chi connectivity index (χ1v) is 23.6. The van der Waals surface area contributed by atoms with Gasteiger partial charge in [0, 0.05) is 63.6 Å². The Balaban J connectivity index is 1.22. The fourth-order valence-electron chi connectivity index (χ4n) is 6.38. The third-order valence-corrected chi connectivity index (χ3v) is 12.2. The van der Waals surface area contributed by atoms with E-state index >= 15 is 0 Å². The van der Waals surface area contributed by atoms with Gasteiger partial charge in [0.25, 0.3) is 16.0 Å². The highest BCUT2D eigenvalue weighted by Crippen LogP contribution is 2.26. The van der Waals surface area contributed by atoms with Gasteiger partial charge in [0.2, 0.25) is 39.1 Å². The van der Waals surface area contributed by atoms with Crippen molar-refractivity contribution in [2.45, 2.75) is 50.2 Å². The van der Waals surface area contributed by atoms with Gasteiger partial charge in [0.05, 0.1) is 29.3 Å². The summed E-state index contributed by atoms with van der Waals surface area (Å²) in [5.74, 6) is -6.05. The van der Waals surface area contributed by atoms with Gasteiger partial charge >= 0.3 is 5.97 Å². The van der Waals surface area contributed by atoms with Gasteiger partial charge in [0.15, 0.2) is 5.95 Å². The van der Waals surface area contributed by atoms with E-state index in [0.29, 0.717) is 18.0 Å². The number of sulfonamides is 1. The van der Waals surface area contributed by atoms with Crippen LogP contribution in [-0.4, -0.2) is 133 Å². The van der Waals surface area contributed by atoms with Gasteiger partial charge in [-0.3, -0.25) is 38.1 Å². The molecule has 4 aromatic rings. The molecule has 4 rings (SSSR count). The number of nitrogens with zero attached hydrogens (tertiary/aromatic N) is 2. The van der Waals surface area contributed by atoms with Crippen LogP contribution >= 0.6 is 12.6 Å². The van der Waals surface area contributed by atoms with Crippen LogP contribution in [0.1, 0.15) is 39.9 Å². The van der Waals surface area contributed by atoms with Crippen molar-refractivity contribution in [1.29, 1.82) is 0 Å². The lowest BCUT2D eigenvalue weighted by Gasteiger charge is -2.19. The molecule has 0 aliphatic rings. The molecular weight excluding hydrogens is 929 g/mol. The second-order valence-corrected chi connectivity index (χ2v) is 18.1. The van der Waals surface area contributed by atoms with Gasteiger partial charge in [-0.2, -0.15) is 25.8 Å². The topological polar surface area (TPSA) is 355 Å². The molecule has 27 heteroatoms. The summed E-state index contributed by atoms with van der Waals surface area (Å²) in [6, 6.07) is 4.42. The number of carbonyl (C=O) groups excluding carboxylic acids is 5. The van der Waals surface area contributed by atoms with E-state index in [0.717, 1.165) is 5.56 Å². The van der Waals surface area contributed by atoms with E-state index in [1.165, 1.54) is 32.2 Å². The fourth-order valence-corrected chi connectivity index (χ4v) is 8.77. The number of hydrogen-bond acceptors (Lipinski definition) is 15. The van der Waals surface area contributed by atoms with Crippen molar-refractivity contribution in [2.24, 2.45) is 7.05 Å². The minimum atomic E-state index is -4.65. The zero-order chi connectivity index (χ0) is 48.8. The smallest absolute Gasteiger partial charge is 0.323 e. The number of aromatic nitrogens is 3. The molecule has 358 valence electrons. The number of hydrogen-bond donors (Lipinski definition) is 11. The SMILES string of the molecule is Cc1cc(OCCCC(=O)NCCNC(=O)CNC(=O)C(CS(=O)(=O)O)NC(=O)CS)cc(C)c1S(=O)(=O)NC(CNC(=O)c1cn(C)c2cc(CNc3ncc[nH]3)ccc2c1=O)C(=O)O. The van der Waals surface area contributed by atoms with Crippen LogP contribution in [0.3, 0.4) is 0 Å². The number of rotatable bonds is 25. The Morgan fingerprint density at radius 3 is 2.23 bits per heavy atom. The standard InChI is InChI=1S/C39H50N10O14S3/c1-22-13-25(63-12-4-5-31(50)40-8-9-41-32(51)18-45-37(55)29(21-65(58,59)60)47-33(52)20-64)14-23(2)35(22)66(61,62)48-28(38(56)57)17-44-36(54)27-19-49(3)30-15-24(6-7-26(30)34(27)53)16-46-39-42-10-11-43-39/h6-7,10-11,13-15,19,28-29,48,64H,4-5,8-9,12,16-18,20-21H2,1-3H3,(H,40,50)(H,41,51)(H,44,54)(H,45,55)(H,47,52)(H,56,57)(H2,42,43,46)(H,58,59,60). The number of amides is 5. The number of benzene rings is 2. The number of carbonyl (C=O) groups is 6. The summed E-state index contributed by atoms with van der Waals surface area (Å²) in [4.78, 5) is 93.7. The molecule has 24 nitrogen and oxygen atoms in total. The lowest BCUT2D eigenvalue weighted by atomic mass is 10.1. The van der Waals surface area contributed by atoms with E-state index in [1.807, 2.05) is 0 Å². The zero-order valence-corrected chi connectivity index (χ0v) is 38.3. The Morgan fingerprint density at radius 1 is 0.924 bits per heavy atom. The summed E-state index contributed by atoms with van der Waals surface area (Å²) in [6.07, 6.45) is 4.83. The van der Waals surface area contributed by atoms with Gasteiger partial charge in [-0.1, -0.05) is 6.07 Å². The highest BCUT2D eigenvalue weighted by molar-refractivity contribution is 7.89. The average molecular weight is 979 g/mol. The summed E-state index contributed by atoms with van der Waals surface area (Å²) in [5.41, 5.74) is 0.908. The number of nitrogens with one attached hydrogen (secondary N) is 8. The number of aromatic amines is 1. The minimum Gasteiger partial charge on any atom is -0.494 e. The Hall–Kier alpha value is -6.55. The van der Waals surface area contributed by atoms with Crippen molar-refractivity contribution in [2.75, 3.05) is 49.6 Å². The van der Waals surface area contributed by atoms with E-state index < -0.39 is 86.1 Å². The second-order valence-electron chi connectivity index (χ2n) is 14.6. The molecule has 0 fully saturated rings. The molecule has 2 aromatic carbocycles. The van der Waals surface area contributed by atoms with E-state index in [9.17, 15) is 55.5 Å². The zero-order valence-electron chi connectivity index (χ0n) is 35.8. The minimum absolute atomic E-state index is 0.0125. The number of pyridine rings is 1. The van der Waals surface area contributed by atoms with Crippen molar-refractivity contribution < 1.29 is 60.0 Å². The number of carboxylic acid groups (broad SMARTS) is 1. The molecule has 0 aliphatic carbocycles.